The summed E-state index contributed by atoms with van der Waals surface area (Å²) in [6.45, 7) is 82.2. The second-order valence-corrected chi connectivity index (χ2v) is 107. The van der Waals surface area contributed by atoms with Gasteiger partial charge in [0.15, 0.2) is 0 Å². The van der Waals surface area contributed by atoms with Gasteiger partial charge < -0.3 is 0 Å². The Kier molecular flexibility index (Phi) is 29.1. The molecule has 0 heterocycles. The summed E-state index contributed by atoms with van der Waals surface area (Å²) in [7, 11) is -37.9. The third-order valence-corrected chi connectivity index (χ3v) is 37.0. The molecule has 0 aliphatic carbocycles. The van der Waals surface area contributed by atoms with E-state index in [9.17, 15) is 0 Å². The fraction of sp³-hybridized carbons (Fsp3) is 0.529. The summed E-state index contributed by atoms with van der Waals surface area (Å²) < 4.78 is 16.3. The van der Waals surface area contributed by atoms with E-state index in [1.807, 2.05) is 0 Å². The zero-order valence-electron chi connectivity index (χ0n) is 60.5. The first-order chi connectivity index (χ1) is 37.3. The fourth-order valence-corrected chi connectivity index (χ4v) is 45.3. The van der Waals surface area contributed by atoms with Crippen LogP contribution in [0.25, 0.3) is 0 Å². The second kappa shape index (κ2) is 30.2. The average molecular weight is 1450 g/mol. The van der Waals surface area contributed by atoms with Crippen LogP contribution in [0.4, 0.5) is 0 Å². The molecule has 0 saturated heterocycles. The normalized spacial score (nSPS) is 12.4. The molecule has 0 saturated carbocycles. The van der Waals surface area contributed by atoms with Crippen molar-refractivity contribution in [1.82, 2.24) is 0 Å². The monoisotopic (exact) mass is 1450 g/mol. The van der Waals surface area contributed by atoms with E-state index in [4.69, 9.17) is 0 Å². The van der Waals surface area contributed by atoms with Gasteiger partial charge in [-0.2, -0.15) is 0 Å². The molecule has 0 spiro atoms. The maximum absolute atomic E-state index is 4.96. The molecule has 0 radical (unpaired) electrons. The van der Waals surface area contributed by atoms with Crippen LogP contribution >= 0.6 is 0 Å². The quantitative estimate of drug-likeness (QED) is 0.168. The minimum atomic E-state index is -4.96. The summed E-state index contributed by atoms with van der Waals surface area (Å²) in [6, 6.07) is 0. The Morgan fingerprint density at radius 1 is 0.118 bits per heavy atom. The summed E-state index contributed by atoms with van der Waals surface area (Å²) >= 11 is -4.96. The molecule has 0 nitrogen and oxygen atoms in total. The SMILES string of the molecule is C[Si](C)(C)C#C[Si](C#C[Si](C)(C)C)(C#C[Si](C)(C)C)C#[C][Ge]([C]#C[Si](C#C[Si](C)(C)C)(C#C[Si](C)(C)C)C#C[Si](C)(C)C)([C]#C[Si](C#C[Si](C)(C)C)(C#C[Si](C)(C)C)C#C[Si](C)(C)C)[C]#C[Si](C#C[Si](C)(C)C)(C#C[Si](C)(C)C)C#C[Si](C)(C)C. The second-order valence-electron chi connectivity index (χ2n) is 34.8. The molecule has 0 aromatic carbocycles. The van der Waals surface area contributed by atoms with Crippen LogP contribution in [0.15, 0.2) is 0 Å². The van der Waals surface area contributed by atoms with Crippen LogP contribution < -0.4 is 0 Å². The summed E-state index contributed by atoms with van der Waals surface area (Å²) in [6.07, 6.45) is 0. The van der Waals surface area contributed by atoms with Gasteiger partial charge in [0.25, 0.3) is 0 Å². The molecule has 0 N–H and O–H groups in total. The third-order valence-electron chi connectivity index (χ3n) is 9.25. The third kappa shape index (κ3) is 42.5. The van der Waals surface area contributed by atoms with E-state index in [0.29, 0.717) is 0 Å². The Labute approximate surface area is 546 Å². The Bertz CT molecular complexity index is 2810. The zero-order valence-corrected chi connectivity index (χ0v) is 78.6. The van der Waals surface area contributed by atoms with Crippen LogP contribution in [0.3, 0.4) is 0 Å². The van der Waals surface area contributed by atoms with Crippen molar-refractivity contribution in [3.05, 3.63) is 0 Å². The molecule has 0 aliphatic heterocycles. The van der Waals surface area contributed by atoms with Gasteiger partial charge in [-0.15, -0.1) is 0 Å². The van der Waals surface area contributed by atoms with E-state index >= 15 is 0 Å². The van der Waals surface area contributed by atoms with Crippen molar-refractivity contribution in [2.24, 2.45) is 0 Å². The predicted octanol–water partition coefficient (Wildman–Crippen LogP) is 14.6. The molecule has 0 bridgehead atoms. The van der Waals surface area contributed by atoms with Gasteiger partial charge in [0.2, 0.25) is 0 Å². The van der Waals surface area contributed by atoms with Crippen LogP contribution in [0.1, 0.15) is 0 Å². The van der Waals surface area contributed by atoms with E-state index in [1.54, 1.807) is 0 Å². The molecule has 0 aromatic rings. The molecule has 0 amide bonds. The van der Waals surface area contributed by atoms with Crippen LogP contribution in [0.2, 0.25) is 236 Å². The molecule has 0 aromatic heterocycles. The average Bonchev–Trinajstić information content (AvgIpc) is 3.50. The van der Waals surface area contributed by atoms with Gasteiger partial charge in [0.05, 0.1) is 0 Å². The van der Waals surface area contributed by atoms with Crippen molar-refractivity contribution < 1.29 is 0 Å². The Balaban J connectivity index is 12.4. The molecule has 448 valence electrons. The van der Waals surface area contributed by atoms with Crippen molar-refractivity contribution in [2.75, 3.05) is 0 Å². The molecule has 0 aliphatic rings. The fourth-order valence-electron chi connectivity index (χ4n) is 5.06. The van der Waals surface area contributed by atoms with Gasteiger partial charge in [-0.1, -0.05) is 0 Å². The summed E-state index contributed by atoms with van der Waals surface area (Å²) in [5.74, 6) is 0. The van der Waals surface area contributed by atoms with Crippen LogP contribution in [0.5, 0.6) is 0 Å². The minimum absolute atomic E-state index is 2.00. The Morgan fingerprint density at radius 2 is 0.200 bits per heavy atom. The number of hydrogen-bond acceptors (Lipinski definition) is 0. The van der Waals surface area contributed by atoms with Gasteiger partial charge in [-0.3, -0.25) is 0 Å². The topological polar surface area (TPSA) is 0 Å². The van der Waals surface area contributed by atoms with Crippen molar-refractivity contribution in [1.29, 1.82) is 0 Å². The predicted molar refractivity (Wildman–Crippen MR) is 433 cm³/mol. The molecule has 0 unspecified atom stereocenters. The molecule has 17 heteroatoms. The van der Waals surface area contributed by atoms with Crippen LogP contribution in [-0.2, 0) is 0 Å². The van der Waals surface area contributed by atoms with Gasteiger partial charge in [-0.25, -0.2) is 0 Å². The zero-order chi connectivity index (χ0) is 67.1. The standard InChI is InChI=1S/C68H108GeSi16/c1-70(2,3)45-57-82(58-46-71(4,5)6,59-47-72(7,8)9)41-37-69(38-42-83(60-48-73(10,11)12,61-49-74(13,14)15)62-50-75(16,17)18,39-43-84(63-51-76(19,20)21,64-52-77(22,23)24)65-53-78(25,26)27)40-44-85(66-54-79(28,29)30,67-55-80(31,32)33)68-56-81(34,35)36/h1-36H3. The van der Waals surface area contributed by atoms with Gasteiger partial charge in [-0.05, 0) is 0 Å². The molecular weight excluding hydrogens is 1340 g/mol. The van der Waals surface area contributed by atoms with Gasteiger partial charge in [0.1, 0.15) is 0 Å². The van der Waals surface area contributed by atoms with E-state index in [0.717, 1.165) is 0 Å². The molecular formula is C68H108GeSi16. The summed E-state index contributed by atoms with van der Waals surface area (Å²) in [4.78, 5) is 0. The van der Waals surface area contributed by atoms with Crippen molar-refractivity contribution in [3.8, 4) is 174 Å². The number of hydrogen-bond donors (Lipinski definition) is 0. The molecule has 0 atom stereocenters. The van der Waals surface area contributed by atoms with Gasteiger partial charge in [0, 0.05) is 0 Å². The van der Waals surface area contributed by atoms with Crippen LogP contribution in [0, 0.1) is 174 Å². The van der Waals surface area contributed by atoms with E-state index in [1.165, 1.54) is 0 Å². The van der Waals surface area contributed by atoms with Crippen LogP contribution in [-0.4, -0.2) is 142 Å². The van der Waals surface area contributed by atoms with E-state index < -0.39 is 142 Å². The van der Waals surface area contributed by atoms with Crippen molar-refractivity contribution in [3.63, 3.8) is 0 Å². The number of rotatable bonds is 0. The Hall–Kier alpha value is -3.03. The molecule has 0 fully saturated rings. The summed E-state index contributed by atoms with van der Waals surface area (Å²) in [5, 5.41) is 0. The molecule has 85 heavy (non-hydrogen) atoms. The van der Waals surface area contributed by atoms with E-state index in [2.05, 4.69) is 410 Å². The first-order valence-electron chi connectivity index (χ1n) is 30.0. The van der Waals surface area contributed by atoms with Crippen molar-refractivity contribution >= 4 is 142 Å². The summed E-state index contributed by atoms with van der Waals surface area (Å²) in [5.41, 5.74) is 108. The van der Waals surface area contributed by atoms with E-state index in [-0.39, 0.29) is 0 Å². The van der Waals surface area contributed by atoms with Crippen molar-refractivity contribution in [2.45, 2.75) is 236 Å². The maximum atomic E-state index is 4.08. The molecule has 0 rings (SSSR count). The first-order valence-corrected chi connectivity index (χ1v) is 84.2. The van der Waals surface area contributed by atoms with Gasteiger partial charge >= 0.3 is 552 Å². The first kappa shape index (κ1) is 82.0. The Morgan fingerprint density at radius 3 is 0.271 bits per heavy atom.